The van der Waals surface area contributed by atoms with Crippen molar-refractivity contribution in [3.63, 3.8) is 0 Å². The van der Waals surface area contributed by atoms with Crippen LogP contribution in [0.2, 0.25) is 5.02 Å². The Morgan fingerprint density at radius 1 is 1.39 bits per heavy atom. The van der Waals surface area contributed by atoms with Crippen LogP contribution in [0.1, 0.15) is 5.56 Å². The van der Waals surface area contributed by atoms with E-state index in [9.17, 15) is 9.50 Å². The molecule has 1 fully saturated rings. The summed E-state index contributed by atoms with van der Waals surface area (Å²) in [5.41, 5.74) is 0.815. The Bertz CT molecular complexity index is 372. The van der Waals surface area contributed by atoms with Crippen LogP contribution in [0, 0.1) is 11.7 Å². The molecule has 0 aromatic heterocycles. The highest BCUT2D eigenvalue weighted by Gasteiger charge is 2.23. The lowest BCUT2D eigenvalue weighted by Gasteiger charge is -2.14. The monoisotopic (exact) mass is 294 g/mol. The molecule has 102 valence electrons. The summed E-state index contributed by atoms with van der Waals surface area (Å²) >= 11 is 5.76. The number of aliphatic hydroxyl groups excluding tert-OH is 1. The maximum Gasteiger partial charge on any atom is 0.125 e. The first-order chi connectivity index (χ1) is 8.15. The molecular formula is C12H17Cl2FN2O. The number of nitrogens with one attached hydrogen (secondary N) is 2. The summed E-state index contributed by atoms with van der Waals surface area (Å²) in [7, 11) is 0. The number of halogens is 3. The number of benzene rings is 1. The van der Waals surface area contributed by atoms with E-state index in [2.05, 4.69) is 10.6 Å². The number of aliphatic hydroxyl groups is 1. The van der Waals surface area contributed by atoms with Crippen molar-refractivity contribution in [2.45, 2.75) is 12.6 Å². The van der Waals surface area contributed by atoms with Gasteiger partial charge in [0.15, 0.2) is 0 Å². The van der Waals surface area contributed by atoms with Gasteiger partial charge in [-0.05, 0) is 23.8 Å². The van der Waals surface area contributed by atoms with Crippen molar-refractivity contribution in [2.75, 3.05) is 19.6 Å². The van der Waals surface area contributed by atoms with Gasteiger partial charge in [0.2, 0.25) is 0 Å². The molecule has 6 heteroatoms. The quantitative estimate of drug-likeness (QED) is 0.790. The van der Waals surface area contributed by atoms with E-state index in [4.69, 9.17) is 11.6 Å². The average molecular weight is 295 g/mol. The zero-order valence-electron chi connectivity index (χ0n) is 9.83. The van der Waals surface area contributed by atoms with E-state index in [1.54, 1.807) is 6.07 Å². The van der Waals surface area contributed by atoms with E-state index in [0.29, 0.717) is 24.7 Å². The van der Waals surface area contributed by atoms with Crippen LogP contribution >= 0.6 is 24.0 Å². The van der Waals surface area contributed by atoms with E-state index < -0.39 is 0 Å². The average Bonchev–Trinajstić information content (AvgIpc) is 2.63. The number of hydrogen-bond donors (Lipinski definition) is 3. The third-order valence-corrected chi connectivity index (χ3v) is 3.18. The van der Waals surface area contributed by atoms with E-state index in [1.807, 2.05) is 0 Å². The summed E-state index contributed by atoms with van der Waals surface area (Å²) in [6.45, 7) is 2.74. The molecule has 0 aliphatic carbocycles. The van der Waals surface area contributed by atoms with Crippen LogP contribution in [0.3, 0.4) is 0 Å². The standard InChI is InChI=1S/C12H16ClFN2O.ClH/c13-10-1-8(2-11(14)3-10)4-15-5-9-6-16-7-12(9)17;/h1-3,9,12,15-17H,4-7H2;1H. The predicted octanol–water partition coefficient (Wildman–Crippen LogP) is 1.57. The first-order valence-corrected chi connectivity index (χ1v) is 6.07. The maximum absolute atomic E-state index is 13.1. The fraction of sp³-hybridized carbons (Fsp3) is 0.500. The first kappa shape index (κ1) is 15.7. The van der Waals surface area contributed by atoms with Crippen molar-refractivity contribution < 1.29 is 9.50 Å². The van der Waals surface area contributed by atoms with Gasteiger partial charge in [0.05, 0.1) is 6.10 Å². The van der Waals surface area contributed by atoms with Crippen molar-refractivity contribution >= 4 is 24.0 Å². The van der Waals surface area contributed by atoms with Crippen molar-refractivity contribution in [2.24, 2.45) is 5.92 Å². The molecule has 2 rings (SSSR count). The fourth-order valence-corrected chi connectivity index (χ4v) is 2.29. The van der Waals surface area contributed by atoms with E-state index >= 15 is 0 Å². The molecule has 1 heterocycles. The van der Waals surface area contributed by atoms with Crippen LogP contribution in [0.4, 0.5) is 4.39 Å². The molecule has 0 bridgehead atoms. The molecular weight excluding hydrogens is 278 g/mol. The molecule has 0 saturated carbocycles. The lowest BCUT2D eigenvalue weighted by molar-refractivity contribution is 0.146. The lowest BCUT2D eigenvalue weighted by Crippen LogP contribution is -2.30. The Balaban J connectivity index is 0.00000162. The molecule has 18 heavy (non-hydrogen) atoms. The van der Waals surface area contributed by atoms with Crippen LogP contribution in [-0.4, -0.2) is 30.8 Å². The van der Waals surface area contributed by atoms with Crippen LogP contribution in [0.15, 0.2) is 18.2 Å². The highest BCUT2D eigenvalue weighted by molar-refractivity contribution is 6.30. The van der Waals surface area contributed by atoms with Crippen LogP contribution in [-0.2, 0) is 6.54 Å². The number of rotatable bonds is 4. The second kappa shape index (κ2) is 7.26. The SMILES string of the molecule is Cl.OC1CNCC1CNCc1cc(F)cc(Cl)c1. The van der Waals surface area contributed by atoms with E-state index in [-0.39, 0.29) is 30.2 Å². The van der Waals surface area contributed by atoms with Crippen molar-refractivity contribution in [3.05, 3.63) is 34.6 Å². The van der Waals surface area contributed by atoms with E-state index in [0.717, 1.165) is 12.1 Å². The van der Waals surface area contributed by atoms with Gasteiger partial charge in [-0.3, -0.25) is 0 Å². The molecule has 3 nitrogen and oxygen atoms in total. The topological polar surface area (TPSA) is 44.3 Å². The van der Waals surface area contributed by atoms with Gasteiger partial charge in [0.1, 0.15) is 5.82 Å². The molecule has 1 aliphatic rings. The Morgan fingerprint density at radius 3 is 2.78 bits per heavy atom. The third-order valence-electron chi connectivity index (χ3n) is 2.96. The minimum atomic E-state index is -0.322. The summed E-state index contributed by atoms with van der Waals surface area (Å²) in [6.07, 6.45) is -0.293. The maximum atomic E-state index is 13.1. The van der Waals surface area contributed by atoms with Gasteiger partial charge in [0, 0.05) is 37.1 Å². The summed E-state index contributed by atoms with van der Waals surface area (Å²) in [5, 5.41) is 16.3. The zero-order valence-corrected chi connectivity index (χ0v) is 11.4. The normalized spacial score (nSPS) is 22.8. The summed E-state index contributed by atoms with van der Waals surface area (Å²) in [4.78, 5) is 0. The first-order valence-electron chi connectivity index (χ1n) is 5.69. The molecule has 1 saturated heterocycles. The number of hydrogen-bond acceptors (Lipinski definition) is 3. The molecule has 0 spiro atoms. The van der Waals surface area contributed by atoms with E-state index in [1.165, 1.54) is 12.1 Å². The highest BCUT2D eigenvalue weighted by atomic mass is 35.5. The largest absolute Gasteiger partial charge is 0.391 e. The second-order valence-corrected chi connectivity index (χ2v) is 4.83. The Hall–Kier alpha value is -0.390. The molecule has 1 aromatic carbocycles. The Morgan fingerprint density at radius 2 is 2.17 bits per heavy atom. The summed E-state index contributed by atoms with van der Waals surface area (Å²) in [5.74, 6) is -0.101. The van der Waals surface area contributed by atoms with Crippen molar-refractivity contribution in [1.29, 1.82) is 0 Å². The molecule has 2 unspecified atom stereocenters. The van der Waals surface area contributed by atoms with Crippen LogP contribution in [0.5, 0.6) is 0 Å². The van der Waals surface area contributed by atoms with Gasteiger partial charge < -0.3 is 15.7 Å². The third kappa shape index (κ3) is 4.37. The zero-order chi connectivity index (χ0) is 12.3. The second-order valence-electron chi connectivity index (χ2n) is 4.39. The molecule has 1 aromatic rings. The molecule has 1 aliphatic heterocycles. The van der Waals surface area contributed by atoms with Gasteiger partial charge >= 0.3 is 0 Å². The minimum absolute atomic E-state index is 0. The Labute approximate surface area is 117 Å². The van der Waals surface area contributed by atoms with Gasteiger partial charge in [-0.15, -0.1) is 12.4 Å². The minimum Gasteiger partial charge on any atom is -0.391 e. The van der Waals surface area contributed by atoms with Crippen molar-refractivity contribution in [3.8, 4) is 0 Å². The van der Waals surface area contributed by atoms with Crippen molar-refractivity contribution in [1.82, 2.24) is 10.6 Å². The van der Waals surface area contributed by atoms with Crippen LogP contribution in [0.25, 0.3) is 0 Å². The Kier molecular flexibility index (Phi) is 6.32. The lowest BCUT2D eigenvalue weighted by atomic mass is 10.1. The van der Waals surface area contributed by atoms with Gasteiger partial charge in [-0.25, -0.2) is 4.39 Å². The van der Waals surface area contributed by atoms with Crippen LogP contribution < -0.4 is 10.6 Å². The smallest absolute Gasteiger partial charge is 0.125 e. The van der Waals surface area contributed by atoms with Gasteiger partial charge in [-0.1, -0.05) is 11.6 Å². The highest BCUT2D eigenvalue weighted by Crippen LogP contribution is 2.14. The molecule has 2 atom stereocenters. The molecule has 0 amide bonds. The van der Waals surface area contributed by atoms with Gasteiger partial charge in [-0.2, -0.15) is 0 Å². The number of β-amino-alcohol motifs (C(OH)–C–C–N with tert-alkyl or cyclic N) is 1. The van der Waals surface area contributed by atoms with Gasteiger partial charge in [0.25, 0.3) is 0 Å². The fourth-order valence-electron chi connectivity index (χ4n) is 2.04. The predicted molar refractivity (Wildman–Crippen MR) is 72.7 cm³/mol. The molecule has 3 N–H and O–H groups in total. The summed E-state index contributed by atoms with van der Waals surface area (Å²) in [6, 6.07) is 4.48. The summed E-state index contributed by atoms with van der Waals surface area (Å²) < 4.78 is 13.1. The molecule has 0 radical (unpaired) electrons.